The molecule has 2 saturated carbocycles. The molecular formula is C25H27N7O3S2. The molecule has 0 aliphatic heterocycles. The van der Waals surface area contributed by atoms with Gasteiger partial charge in [-0.05, 0) is 48.5 Å². The molecule has 3 aromatic heterocycles. The second-order valence-corrected chi connectivity index (χ2v) is 11.6. The number of amides is 1. The molecule has 0 saturated heterocycles. The molecule has 192 valence electrons. The van der Waals surface area contributed by atoms with Gasteiger partial charge in [-0.3, -0.25) is 4.79 Å². The number of benzene rings is 1. The number of aliphatic hydroxyl groups is 2. The summed E-state index contributed by atoms with van der Waals surface area (Å²) in [6.07, 6.45) is -1.17. The third-order valence-corrected chi connectivity index (χ3v) is 8.89. The Hall–Kier alpha value is -3.06. The average molecular weight is 538 g/mol. The molecule has 10 nitrogen and oxygen atoms in total. The van der Waals surface area contributed by atoms with E-state index in [-0.39, 0.29) is 18.4 Å². The molecule has 1 amide bonds. The molecule has 3 heterocycles. The highest BCUT2D eigenvalue weighted by atomic mass is 32.2. The number of nitrogens with one attached hydrogen (secondary N) is 2. The molecule has 6 atom stereocenters. The van der Waals surface area contributed by atoms with Gasteiger partial charge in [-0.25, -0.2) is 14.6 Å². The highest BCUT2D eigenvalue weighted by molar-refractivity contribution is 8.01. The standard InChI is InChI=1S/C25H27N7O3S2/c1-2-26-24(35)15-12-17(21(34)20(15)33)32-23-19(30-31-32)22(28-25(29-23)37-18-9-6-10-36-18)27-16-11-14(16)13-7-4-3-5-8-13/h3-10,14-17,20-21,33-34H,2,11-12H2,1H3,(H,26,35)(H,27,28,29). The van der Waals surface area contributed by atoms with Gasteiger partial charge in [0.2, 0.25) is 5.91 Å². The highest BCUT2D eigenvalue weighted by Crippen LogP contribution is 2.44. The molecule has 6 unspecified atom stereocenters. The Labute approximate surface area is 221 Å². The van der Waals surface area contributed by atoms with Gasteiger partial charge in [0.05, 0.1) is 22.3 Å². The lowest BCUT2D eigenvalue weighted by molar-refractivity contribution is -0.128. The van der Waals surface area contributed by atoms with Crippen LogP contribution in [0.4, 0.5) is 5.82 Å². The number of carbonyl (C=O) groups excluding carboxylic acids is 1. The van der Waals surface area contributed by atoms with E-state index in [1.54, 1.807) is 11.3 Å². The topological polar surface area (TPSA) is 138 Å². The molecule has 2 aliphatic carbocycles. The van der Waals surface area contributed by atoms with Crippen molar-refractivity contribution >= 4 is 46.0 Å². The number of hydrogen-bond donors (Lipinski definition) is 4. The van der Waals surface area contributed by atoms with E-state index in [0.29, 0.717) is 34.6 Å². The van der Waals surface area contributed by atoms with Gasteiger partial charge >= 0.3 is 0 Å². The van der Waals surface area contributed by atoms with Crippen LogP contribution in [-0.4, -0.2) is 65.9 Å². The third kappa shape index (κ3) is 4.70. The van der Waals surface area contributed by atoms with Crippen LogP contribution >= 0.6 is 23.1 Å². The number of anilines is 1. The summed E-state index contributed by atoms with van der Waals surface area (Å²) < 4.78 is 2.58. The molecule has 0 bridgehead atoms. The predicted molar refractivity (Wildman–Crippen MR) is 141 cm³/mol. The molecule has 0 spiro atoms. The first-order valence-electron chi connectivity index (χ1n) is 12.3. The van der Waals surface area contributed by atoms with Crippen LogP contribution in [0.25, 0.3) is 11.2 Å². The lowest BCUT2D eigenvalue weighted by atomic mass is 10.0. The van der Waals surface area contributed by atoms with Crippen molar-refractivity contribution in [1.82, 2.24) is 30.3 Å². The summed E-state index contributed by atoms with van der Waals surface area (Å²) in [6.45, 7) is 2.27. The Morgan fingerprint density at radius 2 is 1.97 bits per heavy atom. The Bertz CT molecular complexity index is 1400. The Morgan fingerprint density at radius 1 is 1.14 bits per heavy atom. The van der Waals surface area contributed by atoms with Gasteiger partial charge < -0.3 is 20.8 Å². The number of rotatable bonds is 8. The summed E-state index contributed by atoms with van der Waals surface area (Å²) in [4.78, 5) is 22.0. The lowest BCUT2D eigenvalue weighted by Crippen LogP contribution is -2.38. The fraction of sp³-hybridized carbons (Fsp3) is 0.400. The van der Waals surface area contributed by atoms with Gasteiger partial charge in [-0.1, -0.05) is 41.6 Å². The van der Waals surface area contributed by atoms with Crippen LogP contribution in [-0.2, 0) is 4.79 Å². The van der Waals surface area contributed by atoms with E-state index >= 15 is 0 Å². The molecule has 4 N–H and O–H groups in total. The zero-order chi connectivity index (χ0) is 25.5. The SMILES string of the molecule is CCNC(=O)C1CC(n2nnc3c(NC4CC4c4ccccc4)nc(Sc4cccs4)nc32)C(O)C1O. The summed E-state index contributed by atoms with van der Waals surface area (Å²) in [6, 6.07) is 13.9. The quantitative estimate of drug-likeness (QED) is 0.250. The van der Waals surface area contributed by atoms with E-state index < -0.39 is 24.2 Å². The van der Waals surface area contributed by atoms with Crippen molar-refractivity contribution in [3.8, 4) is 0 Å². The number of hydrogen-bond acceptors (Lipinski definition) is 10. The van der Waals surface area contributed by atoms with Crippen molar-refractivity contribution in [2.75, 3.05) is 11.9 Å². The molecule has 37 heavy (non-hydrogen) atoms. The van der Waals surface area contributed by atoms with Gasteiger partial charge in [0, 0.05) is 18.5 Å². The Kier molecular flexibility index (Phi) is 6.57. The maximum absolute atomic E-state index is 12.5. The second kappa shape index (κ2) is 10.0. The molecular weight excluding hydrogens is 510 g/mol. The van der Waals surface area contributed by atoms with Crippen LogP contribution < -0.4 is 10.6 Å². The summed E-state index contributed by atoms with van der Waals surface area (Å²) in [5.41, 5.74) is 2.24. The van der Waals surface area contributed by atoms with Crippen LogP contribution in [0.1, 0.15) is 37.3 Å². The van der Waals surface area contributed by atoms with Crippen molar-refractivity contribution in [3.63, 3.8) is 0 Å². The lowest BCUT2D eigenvalue weighted by Gasteiger charge is -2.17. The summed E-state index contributed by atoms with van der Waals surface area (Å²) in [5.74, 6) is -0.0457. The van der Waals surface area contributed by atoms with Gasteiger partial charge in [-0.15, -0.1) is 16.4 Å². The van der Waals surface area contributed by atoms with Crippen molar-refractivity contribution in [1.29, 1.82) is 0 Å². The van der Waals surface area contributed by atoms with E-state index in [1.165, 1.54) is 22.0 Å². The monoisotopic (exact) mass is 537 g/mol. The molecule has 2 aliphatic rings. The third-order valence-electron chi connectivity index (χ3n) is 6.98. The van der Waals surface area contributed by atoms with E-state index in [9.17, 15) is 15.0 Å². The summed E-state index contributed by atoms with van der Waals surface area (Å²) in [5, 5.41) is 39.0. The number of aliphatic hydroxyl groups excluding tert-OH is 2. The first-order chi connectivity index (χ1) is 18.0. The number of aromatic nitrogens is 5. The van der Waals surface area contributed by atoms with E-state index in [4.69, 9.17) is 9.97 Å². The van der Waals surface area contributed by atoms with Gasteiger partial charge in [0.25, 0.3) is 0 Å². The van der Waals surface area contributed by atoms with E-state index in [2.05, 4.69) is 33.1 Å². The van der Waals surface area contributed by atoms with Crippen molar-refractivity contribution in [2.45, 2.75) is 59.3 Å². The molecule has 1 aromatic carbocycles. The number of nitrogens with zero attached hydrogens (tertiary/aromatic N) is 5. The van der Waals surface area contributed by atoms with E-state index in [1.807, 2.05) is 42.6 Å². The smallest absolute Gasteiger partial charge is 0.225 e. The minimum atomic E-state index is -1.20. The van der Waals surface area contributed by atoms with Crippen molar-refractivity contribution < 1.29 is 15.0 Å². The maximum atomic E-state index is 12.5. The summed E-state index contributed by atoms with van der Waals surface area (Å²) in [7, 11) is 0. The molecule has 0 radical (unpaired) electrons. The Balaban J connectivity index is 1.34. The number of fused-ring (bicyclic) bond motifs is 1. The van der Waals surface area contributed by atoms with Crippen LogP contribution in [0.15, 0.2) is 57.2 Å². The first kappa shape index (κ1) is 24.3. The van der Waals surface area contributed by atoms with Crippen LogP contribution in [0.3, 0.4) is 0 Å². The van der Waals surface area contributed by atoms with Crippen LogP contribution in [0, 0.1) is 5.92 Å². The maximum Gasteiger partial charge on any atom is 0.225 e. The fourth-order valence-electron chi connectivity index (χ4n) is 5.01. The minimum Gasteiger partial charge on any atom is -0.390 e. The largest absolute Gasteiger partial charge is 0.390 e. The minimum absolute atomic E-state index is 0.214. The second-order valence-electron chi connectivity index (χ2n) is 9.38. The summed E-state index contributed by atoms with van der Waals surface area (Å²) >= 11 is 3.05. The van der Waals surface area contributed by atoms with Crippen molar-refractivity contribution in [2.24, 2.45) is 5.92 Å². The number of thiophene rings is 1. The molecule has 2 fully saturated rings. The van der Waals surface area contributed by atoms with Crippen LogP contribution in [0.5, 0.6) is 0 Å². The Morgan fingerprint density at radius 3 is 2.73 bits per heavy atom. The van der Waals surface area contributed by atoms with Gasteiger partial charge in [-0.2, -0.15) is 0 Å². The molecule has 4 aromatic rings. The zero-order valence-corrected chi connectivity index (χ0v) is 21.7. The van der Waals surface area contributed by atoms with Gasteiger partial charge in [0.15, 0.2) is 22.1 Å². The van der Waals surface area contributed by atoms with E-state index in [0.717, 1.165) is 10.6 Å². The van der Waals surface area contributed by atoms with Gasteiger partial charge in [0.1, 0.15) is 6.10 Å². The highest BCUT2D eigenvalue weighted by Gasteiger charge is 2.47. The van der Waals surface area contributed by atoms with Crippen molar-refractivity contribution in [3.05, 3.63) is 53.4 Å². The average Bonchev–Trinajstić information content (AvgIpc) is 3.19. The normalized spacial score (nSPS) is 26.9. The number of carbonyl (C=O) groups is 1. The zero-order valence-electron chi connectivity index (χ0n) is 20.1. The fourth-order valence-corrected chi connectivity index (χ4v) is 6.63. The molecule has 6 rings (SSSR count). The predicted octanol–water partition coefficient (Wildman–Crippen LogP) is 2.82. The first-order valence-corrected chi connectivity index (χ1v) is 14.0. The van der Waals surface area contributed by atoms with Crippen LogP contribution in [0.2, 0.25) is 0 Å². The molecule has 12 heteroatoms.